The monoisotopic (exact) mass is 346 g/mol. The maximum atomic E-state index is 12.6. The Balaban J connectivity index is 1.92. The molecule has 0 amide bonds. The molecule has 3 rings (SSSR count). The van der Waals surface area contributed by atoms with Crippen molar-refractivity contribution in [2.45, 2.75) is 6.54 Å². The average molecular weight is 346 g/mol. The molecule has 3 aromatic rings. The first-order valence-corrected chi connectivity index (χ1v) is 8.19. The highest BCUT2D eigenvalue weighted by atomic mass is 16.6. The second kappa shape index (κ2) is 7.61. The van der Waals surface area contributed by atoms with Crippen LogP contribution >= 0.6 is 0 Å². The molecule has 0 spiro atoms. The maximum Gasteiger partial charge on any atom is 0.293 e. The Hall–Kier alpha value is -3.47. The number of nitro groups is 1. The summed E-state index contributed by atoms with van der Waals surface area (Å²) in [6, 6.07) is 23.1. The van der Waals surface area contributed by atoms with Crippen LogP contribution in [0.4, 0.5) is 11.4 Å². The van der Waals surface area contributed by atoms with Gasteiger partial charge in [-0.05, 0) is 17.7 Å². The van der Waals surface area contributed by atoms with Gasteiger partial charge in [0.2, 0.25) is 0 Å². The molecule has 0 unspecified atom stereocenters. The molecule has 5 heteroatoms. The number of rotatable bonds is 6. The minimum absolute atomic E-state index is 0.0785. The van der Waals surface area contributed by atoms with Crippen molar-refractivity contribution in [3.63, 3.8) is 0 Å². The van der Waals surface area contributed by atoms with Crippen LogP contribution in [-0.4, -0.2) is 17.8 Å². The lowest BCUT2D eigenvalue weighted by molar-refractivity contribution is -0.384. The standard InChI is InChI=1S/C21H18N2O3/c1-22(15-16-8-4-2-5-9-16)19-13-12-18(14-20(19)23(25)26)21(24)17-10-6-3-7-11-17/h2-14H,15H2,1H3. The van der Waals surface area contributed by atoms with E-state index in [0.29, 0.717) is 23.4 Å². The number of benzene rings is 3. The zero-order chi connectivity index (χ0) is 18.5. The predicted octanol–water partition coefficient (Wildman–Crippen LogP) is 4.46. The summed E-state index contributed by atoms with van der Waals surface area (Å²) >= 11 is 0. The molecule has 26 heavy (non-hydrogen) atoms. The minimum Gasteiger partial charge on any atom is -0.365 e. The molecule has 0 heterocycles. The van der Waals surface area contributed by atoms with Gasteiger partial charge in [0.25, 0.3) is 5.69 Å². The van der Waals surface area contributed by atoms with Gasteiger partial charge < -0.3 is 4.90 Å². The highest BCUT2D eigenvalue weighted by molar-refractivity contribution is 6.09. The molecule has 0 saturated heterocycles. The number of nitro benzene ring substituents is 1. The first-order valence-electron chi connectivity index (χ1n) is 8.19. The van der Waals surface area contributed by atoms with Gasteiger partial charge in [-0.25, -0.2) is 0 Å². The first-order chi connectivity index (χ1) is 12.6. The highest BCUT2D eigenvalue weighted by Crippen LogP contribution is 2.30. The third-order valence-corrected chi connectivity index (χ3v) is 4.14. The van der Waals surface area contributed by atoms with Crippen molar-refractivity contribution in [1.82, 2.24) is 0 Å². The zero-order valence-electron chi connectivity index (χ0n) is 14.3. The molecule has 0 radical (unpaired) electrons. The van der Waals surface area contributed by atoms with Crippen molar-refractivity contribution >= 4 is 17.2 Å². The van der Waals surface area contributed by atoms with Crippen molar-refractivity contribution in [3.05, 3.63) is 106 Å². The lowest BCUT2D eigenvalue weighted by atomic mass is 10.0. The summed E-state index contributed by atoms with van der Waals surface area (Å²) < 4.78 is 0. The predicted molar refractivity (Wildman–Crippen MR) is 102 cm³/mol. The number of hydrogen-bond acceptors (Lipinski definition) is 4. The minimum atomic E-state index is -0.446. The molecule has 0 saturated carbocycles. The summed E-state index contributed by atoms with van der Waals surface area (Å²) in [6.45, 7) is 0.535. The zero-order valence-corrected chi connectivity index (χ0v) is 14.3. The van der Waals surface area contributed by atoms with Gasteiger partial charge in [0.15, 0.2) is 5.78 Å². The van der Waals surface area contributed by atoms with Crippen LogP contribution < -0.4 is 4.90 Å². The molecular weight excluding hydrogens is 328 g/mol. The number of nitrogens with zero attached hydrogens (tertiary/aromatic N) is 2. The topological polar surface area (TPSA) is 63.5 Å². The molecule has 0 fully saturated rings. The van der Waals surface area contributed by atoms with E-state index >= 15 is 0 Å². The lowest BCUT2D eigenvalue weighted by Crippen LogP contribution is -2.18. The summed E-state index contributed by atoms with van der Waals surface area (Å²) in [5.74, 6) is -0.231. The highest BCUT2D eigenvalue weighted by Gasteiger charge is 2.21. The van der Waals surface area contributed by atoms with E-state index in [1.165, 1.54) is 6.07 Å². The molecule has 0 aliphatic rings. The molecule has 5 nitrogen and oxygen atoms in total. The molecule has 3 aromatic carbocycles. The van der Waals surface area contributed by atoms with Crippen LogP contribution in [0.3, 0.4) is 0 Å². The van der Waals surface area contributed by atoms with Crippen LogP contribution in [0.25, 0.3) is 0 Å². The van der Waals surface area contributed by atoms with Gasteiger partial charge in [-0.1, -0.05) is 60.7 Å². The average Bonchev–Trinajstić information content (AvgIpc) is 2.68. The Bertz CT molecular complexity index is 925. The third kappa shape index (κ3) is 3.78. The van der Waals surface area contributed by atoms with Crippen LogP contribution in [0.15, 0.2) is 78.9 Å². The van der Waals surface area contributed by atoms with Gasteiger partial charge in [0.1, 0.15) is 5.69 Å². The van der Waals surface area contributed by atoms with Crippen LogP contribution in [0.5, 0.6) is 0 Å². The number of carbonyl (C=O) groups excluding carboxylic acids is 1. The molecule has 0 aliphatic heterocycles. The summed E-state index contributed by atoms with van der Waals surface area (Å²) in [5, 5.41) is 11.6. The van der Waals surface area contributed by atoms with Gasteiger partial charge in [0.05, 0.1) is 4.92 Å². The number of ketones is 1. The number of anilines is 1. The third-order valence-electron chi connectivity index (χ3n) is 4.14. The van der Waals surface area contributed by atoms with Gasteiger partial charge >= 0.3 is 0 Å². The van der Waals surface area contributed by atoms with Gasteiger partial charge in [0, 0.05) is 30.8 Å². The molecule has 130 valence electrons. The van der Waals surface area contributed by atoms with Gasteiger partial charge in [-0.3, -0.25) is 14.9 Å². The lowest BCUT2D eigenvalue weighted by Gasteiger charge is -2.19. The molecule has 0 N–H and O–H groups in total. The van der Waals surface area contributed by atoms with E-state index in [4.69, 9.17) is 0 Å². The maximum absolute atomic E-state index is 12.6. The van der Waals surface area contributed by atoms with E-state index in [9.17, 15) is 14.9 Å². The van der Waals surface area contributed by atoms with E-state index in [1.807, 2.05) is 41.3 Å². The van der Waals surface area contributed by atoms with Crippen molar-refractivity contribution in [2.24, 2.45) is 0 Å². The van der Waals surface area contributed by atoms with E-state index in [-0.39, 0.29) is 11.5 Å². The second-order valence-corrected chi connectivity index (χ2v) is 6.00. The van der Waals surface area contributed by atoms with E-state index in [0.717, 1.165) is 5.56 Å². The Morgan fingerprint density at radius 1 is 0.923 bits per heavy atom. The van der Waals surface area contributed by atoms with Crippen molar-refractivity contribution < 1.29 is 9.72 Å². The van der Waals surface area contributed by atoms with Crippen LogP contribution in [0, 0.1) is 10.1 Å². The van der Waals surface area contributed by atoms with Crippen LogP contribution in [0.1, 0.15) is 21.5 Å². The van der Waals surface area contributed by atoms with Crippen LogP contribution in [0.2, 0.25) is 0 Å². The molecular formula is C21H18N2O3. The number of hydrogen-bond donors (Lipinski definition) is 0. The van der Waals surface area contributed by atoms with E-state index < -0.39 is 4.92 Å². The largest absolute Gasteiger partial charge is 0.365 e. The summed E-state index contributed by atoms with van der Waals surface area (Å²) in [6.07, 6.45) is 0. The fourth-order valence-electron chi connectivity index (χ4n) is 2.83. The Labute approximate surface area is 151 Å². The number of carbonyl (C=O) groups is 1. The summed E-state index contributed by atoms with van der Waals surface area (Å²) in [7, 11) is 1.80. The first kappa shape index (κ1) is 17.4. The van der Waals surface area contributed by atoms with E-state index in [2.05, 4.69) is 0 Å². The smallest absolute Gasteiger partial charge is 0.293 e. The fourth-order valence-corrected chi connectivity index (χ4v) is 2.83. The fraction of sp³-hybridized carbons (Fsp3) is 0.0952. The Morgan fingerprint density at radius 2 is 1.54 bits per heavy atom. The molecule has 0 atom stereocenters. The summed E-state index contributed by atoms with van der Waals surface area (Å²) in [5.41, 5.74) is 2.26. The molecule has 0 aromatic heterocycles. The summed E-state index contributed by atoms with van der Waals surface area (Å²) in [4.78, 5) is 25.5. The van der Waals surface area contributed by atoms with Gasteiger partial charge in [-0.15, -0.1) is 0 Å². The molecule has 0 bridgehead atoms. The van der Waals surface area contributed by atoms with Crippen molar-refractivity contribution in [1.29, 1.82) is 0 Å². The normalized spacial score (nSPS) is 10.3. The van der Waals surface area contributed by atoms with Crippen molar-refractivity contribution in [3.8, 4) is 0 Å². The Morgan fingerprint density at radius 3 is 2.15 bits per heavy atom. The second-order valence-electron chi connectivity index (χ2n) is 6.00. The van der Waals surface area contributed by atoms with E-state index in [1.54, 1.807) is 43.4 Å². The Kier molecular flexibility index (Phi) is 5.08. The van der Waals surface area contributed by atoms with Gasteiger partial charge in [-0.2, -0.15) is 0 Å². The quantitative estimate of drug-likeness (QED) is 0.375. The van der Waals surface area contributed by atoms with Crippen LogP contribution in [-0.2, 0) is 6.54 Å². The van der Waals surface area contributed by atoms with Crippen molar-refractivity contribution in [2.75, 3.05) is 11.9 Å². The molecule has 0 aliphatic carbocycles. The SMILES string of the molecule is CN(Cc1ccccc1)c1ccc(C(=O)c2ccccc2)cc1[N+](=O)[O-].